The topological polar surface area (TPSA) is 55.6 Å². The van der Waals surface area contributed by atoms with Gasteiger partial charge in [-0.15, -0.1) is 0 Å². The number of pyridine rings is 1. The fourth-order valence-electron chi connectivity index (χ4n) is 2.37. The predicted molar refractivity (Wildman–Crippen MR) is 72.6 cm³/mol. The zero-order valence-corrected chi connectivity index (χ0v) is 11.3. The smallest absolute Gasteiger partial charge is 0.257 e. The Labute approximate surface area is 117 Å². The first-order valence-corrected chi connectivity index (χ1v) is 6.71. The molecule has 1 aliphatic rings. The fraction of sp³-hybridized carbons (Fsp3) is 0.333. The lowest BCUT2D eigenvalue weighted by Crippen LogP contribution is -2.36. The van der Waals surface area contributed by atoms with E-state index in [1.165, 1.54) is 12.5 Å². The van der Waals surface area contributed by atoms with Crippen LogP contribution < -0.4 is 4.74 Å². The molecule has 2 aromatic heterocycles. The molecule has 5 nitrogen and oxygen atoms in total. The van der Waals surface area contributed by atoms with Gasteiger partial charge < -0.3 is 14.1 Å². The molecule has 20 heavy (non-hydrogen) atoms. The van der Waals surface area contributed by atoms with Gasteiger partial charge in [-0.3, -0.25) is 4.79 Å². The van der Waals surface area contributed by atoms with Gasteiger partial charge in [0.15, 0.2) is 0 Å². The number of aromatic nitrogens is 1. The molecule has 0 fully saturated rings. The SMILES string of the molecule is CCOc1ccc2c(n1)CCN(C(=O)c1ccoc1)C2. The third-order valence-corrected chi connectivity index (χ3v) is 3.37. The monoisotopic (exact) mass is 272 g/mol. The van der Waals surface area contributed by atoms with Gasteiger partial charge in [-0.1, -0.05) is 6.07 Å². The highest BCUT2D eigenvalue weighted by atomic mass is 16.5. The molecule has 1 amide bonds. The molecule has 0 N–H and O–H groups in total. The average Bonchev–Trinajstić information content (AvgIpc) is 3.00. The molecule has 1 aliphatic heterocycles. The van der Waals surface area contributed by atoms with Crippen molar-refractivity contribution in [3.63, 3.8) is 0 Å². The zero-order valence-electron chi connectivity index (χ0n) is 11.3. The van der Waals surface area contributed by atoms with E-state index in [2.05, 4.69) is 4.98 Å². The van der Waals surface area contributed by atoms with Crippen molar-refractivity contribution in [3.8, 4) is 5.88 Å². The number of hydrogen-bond donors (Lipinski definition) is 0. The van der Waals surface area contributed by atoms with Crippen LogP contribution in [0.4, 0.5) is 0 Å². The summed E-state index contributed by atoms with van der Waals surface area (Å²) in [7, 11) is 0. The average molecular weight is 272 g/mol. The Morgan fingerprint density at radius 1 is 1.45 bits per heavy atom. The van der Waals surface area contributed by atoms with Crippen molar-refractivity contribution in [1.82, 2.24) is 9.88 Å². The summed E-state index contributed by atoms with van der Waals surface area (Å²) in [5.74, 6) is 0.652. The van der Waals surface area contributed by atoms with Crippen LogP contribution in [0.3, 0.4) is 0 Å². The van der Waals surface area contributed by atoms with Crippen LogP contribution in [0.25, 0.3) is 0 Å². The lowest BCUT2D eigenvalue weighted by atomic mass is 10.1. The van der Waals surface area contributed by atoms with E-state index in [4.69, 9.17) is 9.15 Å². The van der Waals surface area contributed by atoms with Gasteiger partial charge in [-0.25, -0.2) is 4.98 Å². The molecule has 0 bridgehead atoms. The number of rotatable bonds is 3. The van der Waals surface area contributed by atoms with Crippen molar-refractivity contribution in [2.75, 3.05) is 13.2 Å². The standard InChI is InChI=1S/C15H16N2O3/c1-2-20-14-4-3-11-9-17(7-5-13(11)16-14)15(18)12-6-8-19-10-12/h3-4,6,8,10H,2,5,7,9H2,1H3. The van der Waals surface area contributed by atoms with E-state index >= 15 is 0 Å². The van der Waals surface area contributed by atoms with Gasteiger partial charge in [0.25, 0.3) is 5.91 Å². The zero-order chi connectivity index (χ0) is 13.9. The molecular weight excluding hydrogens is 256 g/mol. The van der Waals surface area contributed by atoms with Crippen LogP contribution >= 0.6 is 0 Å². The van der Waals surface area contributed by atoms with E-state index in [-0.39, 0.29) is 5.91 Å². The minimum Gasteiger partial charge on any atom is -0.478 e. The largest absolute Gasteiger partial charge is 0.478 e. The van der Waals surface area contributed by atoms with E-state index in [0.717, 1.165) is 17.7 Å². The van der Waals surface area contributed by atoms with Crippen molar-refractivity contribution < 1.29 is 13.9 Å². The van der Waals surface area contributed by atoms with Crippen molar-refractivity contribution in [2.45, 2.75) is 19.9 Å². The number of carbonyl (C=O) groups excluding carboxylic acids is 1. The van der Waals surface area contributed by atoms with E-state index in [0.29, 0.717) is 31.1 Å². The van der Waals surface area contributed by atoms with Gasteiger partial charge in [0, 0.05) is 25.6 Å². The predicted octanol–water partition coefficient (Wildman–Crippen LogP) is 2.27. The molecule has 0 saturated carbocycles. The van der Waals surface area contributed by atoms with E-state index in [1.807, 2.05) is 24.0 Å². The summed E-state index contributed by atoms with van der Waals surface area (Å²) in [4.78, 5) is 18.6. The number of nitrogens with zero attached hydrogens (tertiary/aromatic N) is 2. The van der Waals surface area contributed by atoms with Gasteiger partial charge in [0.2, 0.25) is 5.88 Å². The van der Waals surface area contributed by atoms with Crippen LogP contribution in [0.5, 0.6) is 5.88 Å². The minimum absolute atomic E-state index is 0.00159. The van der Waals surface area contributed by atoms with Gasteiger partial charge in [-0.05, 0) is 18.6 Å². The Morgan fingerprint density at radius 3 is 3.10 bits per heavy atom. The molecule has 3 heterocycles. The van der Waals surface area contributed by atoms with Gasteiger partial charge in [-0.2, -0.15) is 0 Å². The fourth-order valence-corrected chi connectivity index (χ4v) is 2.37. The number of amides is 1. The normalized spacial score (nSPS) is 13.9. The molecule has 2 aromatic rings. The van der Waals surface area contributed by atoms with Crippen LogP contribution in [0, 0.1) is 0 Å². The summed E-state index contributed by atoms with van der Waals surface area (Å²) in [6.45, 7) is 3.79. The van der Waals surface area contributed by atoms with Crippen molar-refractivity contribution in [3.05, 3.63) is 47.5 Å². The molecule has 104 valence electrons. The molecule has 0 radical (unpaired) electrons. The molecule has 0 aliphatic carbocycles. The first-order chi connectivity index (χ1) is 9.78. The van der Waals surface area contributed by atoms with Gasteiger partial charge in [0.05, 0.1) is 24.1 Å². The van der Waals surface area contributed by atoms with Crippen LogP contribution in [-0.4, -0.2) is 28.9 Å². The van der Waals surface area contributed by atoms with Crippen molar-refractivity contribution in [1.29, 1.82) is 0 Å². The maximum Gasteiger partial charge on any atom is 0.257 e. The first-order valence-electron chi connectivity index (χ1n) is 6.71. The summed E-state index contributed by atoms with van der Waals surface area (Å²) >= 11 is 0. The lowest BCUT2D eigenvalue weighted by Gasteiger charge is -2.28. The van der Waals surface area contributed by atoms with E-state index < -0.39 is 0 Å². The second-order valence-electron chi connectivity index (χ2n) is 4.68. The quantitative estimate of drug-likeness (QED) is 0.860. The highest BCUT2D eigenvalue weighted by Gasteiger charge is 2.23. The van der Waals surface area contributed by atoms with E-state index in [1.54, 1.807) is 6.07 Å². The molecule has 3 rings (SSSR count). The third-order valence-electron chi connectivity index (χ3n) is 3.37. The lowest BCUT2D eigenvalue weighted by molar-refractivity contribution is 0.0732. The number of hydrogen-bond acceptors (Lipinski definition) is 4. The number of fused-ring (bicyclic) bond motifs is 1. The maximum atomic E-state index is 12.3. The summed E-state index contributed by atoms with van der Waals surface area (Å²) in [6, 6.07) is 5.53. The maximum absolute atomic E-state index is 12.3. The van der Waals surface area contributed by atoms with Gasteiger partial charge in [0.1, 0.15) is 6.26 Å². The van der Waals surface area contributed by atoms with Gasteiger partial charge >= 0.3 is 0 Å². The third kappa shape index (κ3) is 2.39. The van der Waals surface area contributed by atoms with Crippen LogP contribution in [0.1, 0.15) is 28.5 Å². The molecule has 0 spiro atoms. The highest BCUT2D eigenvalue weighted by Crippen LogP contribution is 2.21. The summed E-state index contributed by atoms with van der Waals surface area (Å²) in [5, 5.41) is 0. The summed E-state index contributed by atoms with van der Waals surface area (Å²) in [5.41, 5.74) is 2.69. The van der Waals surface area contributed by atoms with Crippen LogP contribution in [0.2, 0.25) is 0 Å². The Morgan fingerprint density at radius 2 is 2.35 bits per heavy atom. The number of carbonyl (C=O) groups is 1. The Hall–Kier alpha value is -2.30. The van der Waals surface area contributed by atoms with Crippen LogP contribution in [0.15, 0.2) is 35.1 Å². The number of furan rings is 1. The molecule has 5 heteroatoms. The Bertz CT molecular complexity index is 608. The van der Waals surface area contributed by atoms with E-state index in [9.17, 15) is 4.79 Å². The Kier molecular flexibility index (Phi) is 3.41. The summed E-state index contributed by atoms with van der Waals surface area (Å²) < 4.78 is 10.4. The summed E-state index contributed by atoms with van der Waals surface area (Å²) in [6.07, 6.45) is 3.75. The van der Waals surface area contributed by atoms with Crippen molar-refractivity contribution >= 4 is 5.91 Å². The second-order valence-corrected chi connectivity index (χ2v) is 4.68. The van der Waals surface area contributed by atoms with Crippen LogP contribution in [-0.2, 0) is 13.0 Å². The Balaban J connectivity index is 1.77. The molecular formula is C15H16N2O3. The second kappa shape index (κ2) is 5.36. The number of ether oxygens (including phenoxy) is 1. The first kappa shape index (κ1) is 12.7. The minimum atomic E-state index is -0.00159. The molecule has 0 saturated heterocycles. The molecule has 0 aromatic carbocycles. The highest BCUT2D eigenvalue weighted by molar-refractivity contribution is 5.93. The van der Waals surface area contributed by atoms with Crippen molar-refractivity contribution in [2.24, 2.45) is 0 Å². The molecule has 0 atom stereocenters. The molecule has 0 unspecified atom stereocenters.